The van der Waals surface area contributed by atoms with Gasteiger partial charge < -0.3 is 0 Å². The second kappa shape index (κ2) is 2.69. The number of rotatable bonds is 4. The van der Waals surface area contributed by atoms with Crippen molar-refractivity contribution in [3.8, 4) is 0 Å². The van der Waals surface area contributed by atoms with E-state index in [0.29, 0.717) is 5.78 Å². The van der Waals surface area contributed by atoms with Crippen molar-refractivity contribution >= 4 is 5.78 Å². The number of ketones is 1. The Hall–Kier alpha value is -1.11. The van der Waals surface area contributed by atoms with Crippen molar-refractivity contribution in [1.29, 1.82) is 0 Å². The van der Waals surface area contributed by atoms with Gasteiger partial charge in [-0.05, 0) is 30.7 Å². The molecule has 2 fully saturated rings. The smallest absolute Gasteiger partial charge is 0.139 e. The van der Waals surface area contributed by atoms with E-state index >= 15 is 0 Å². The van der Waals surface area contributed by atoms with E-state index in [1.807, 2.05) is 18.2 Å². The lowest BCUT2D eigenvalue weighted by molar-refractivity contribution is -0.122. The highest BCUT2D eigenvalue weighted by molar-refractivity contribution is 5.92. The monoisotopic (exact) mass is 186 g/mol. The summed E-state index contributed by atoms with van der Waals surface area (Å²) in [6, 6.07) is 10.3. The number of carbonyl (C=O) groups is 1. The summed E-state index contributed by atoms with van der Waals surface area (Å²) in [6.45, 7) is 0. The lowest BCUT2D eigenvalue weighted by Gasteiger charge is -2.02. The summed E-state index contributed by atoms with van der Waals surface area (Å²) in [5, 5.41) is 0. The zero-order chi connectivity index (χ0) is 9.60. The molecule has 2 aliphatic rings. The molecule has 0 amide bonds. The number of hydrogen-bond donors (Lipinski definition) is 0. The molecule has 3 rings (SSSR count). The largest absolute Gasteiger partial charge is 0.299 e. The fourth-order valence-electron chi connectivity index (χ4n) is 2.31. The summed E-state index contributed by atoms with van der Waals surface area (Å²) in [6.07, 6.45) is 4.07. The van der Waals surface area contributed by atoms with E-state index in [1.165, 1.54) is 18.4 Å². The van der Waals surface area contributed by atoms with Crippen molar-refractivity contribution in [3.63, 3.8) is 0 Å². The lowest BCUT2D eigenvalue weighted by atomic mass is 10.0. The summed E-state index contributed by atoms with van der Waals surface area (Å²) in [4.78, 5) is 11.7. The lowest BCUT2D eigenvalue weighted by Crippen LogP contribution is -2.07. The normalized spacial score (nSPS) is 32.1. The van der Waals surface area contributed by atoms with Crippen molar-refractivity contribution in [2.75, 3.05) is 0 Å². The molecule has 0 atom stereocenters. The summed E-state index contributed by atoms with van der Waals surface area (Å²) in [5.41, 5.74) is 1.50. The first-order valence-electron chi connectivity index (χ1n) is 5.38. The zero-order valence-electron chi connectivity index (χ0n) is 8.20. The van der Waals surface area contributed by atoms with Gasteiger partial charge in [0, 0.05) is 11.8 Å². The molecule has 0 bridgehead atoms. The number of carbonyl (C=O) groups excluding carboxylic acids is 1. The Kier molecular flexibility index (Phi) is 1.58. The van der Waals surface area contributed by atoms with Gasteiger partial charge in [0.2, 0.25) is 0 Å². The number of Topliss-reactive ketones (excluding diaryl/α,β-unsaturated/α-hetero) is 1. The first-order valence-corrected chi connectivity index (χ1v) is 5.38. The third kappa shape index (κ3) is 1.19. The van der Waals surface area contributed by atoms with Crippen molar-refractivity contribution < 1.29 is 4.79 Å². The van der Waals surface area contributed by atoms with Crippen LogP contribution in [0.15, 0.2) is 30.3 Å². The minimum atomic E-state index is 0.217. The first kappa shape index (κ1) is 8.22. The molecule has 0 heterocycles. The van der Waals surface area contributed by atoms with E-state index in [9.17, 15) is 4.79 Å². The van der Waals surface area contributed by atoms with Crippen molar-refractivity contribution in [1.82, 2.24) is 0 Å². The molecule has 0 saturated heterocycles. The van der Waals surface area contributed by atoms with Gasteiger partial charge in [-0.2, -0.15) is 0 Å². The van der Waals surface area contributed by atoms with Crippen LogP contribution in [-0.2, 0) is 11.2 Å². The number of aryl methyl sites for hydroxylation is 1. The van der Waals surface area contributed by atoms with Gasteiger partial charge in [0.1, 0.15) is 5.78 Å². The average molecular weight is 186 g/mol. The van der Waals surface area contributed by atoms with E-state index in [-0.39, 0.29) is 5.41 Å². The van der Waals surface area contributed by atoms with Crippen LogP contribution in [0.5, 0.6) is 0 Å². The average Bonchev–Trinajstić information content (AvgIpc) is 3.03. The summed E-state index contributed by atoms with van der Waals surface area (Å²) < 4.78 is 0. The van der Waals surface area contributed by atoms with Crippen LogP contribution in [0.3, 0.4) is 0 Å². The van der Waals surface area contributed by atoms with Gasteiger partial charge in [0.25, 0.3) is 0 Å². The Labute approximate surface area is 84.1 Å². The highest BCUT2D eigenvalue weighted by Gasteiger charge is 2.73. The standard InChI is InChI=1S/C13H14O/c14-12(13-8-11(13)9-13)7-6-10-4-2-1-3-5-10/h1-5,11H,6-9H2. The van der Waals surface area contributed by atoms with Crippen molar-refractivity contribution in [3.05, 3.63) is 35.9 Å². The Balaban J connectivity index is 1.57. The Morgan fingerprint density at radius 2 is 1.93 bits per heavy atom. The second-order valence-corrected chi connectivity index (χ2v) is 4.67. The van der Waals surface area contributed by atoms with Gasteiger partial charge in [-0.25, -0.2) is 0 Å². The maximum absolute atomic E-state index is 11.7. The third-order valence-corrected chi connectivity index (χ3v) is 3.72. The van der Waals surface area contributed by atoms with Gasteiger partial charge >= 0.3 is 0 Å². The first-order chi connectivity index (χ1) is 6.81. The molecule has 0 radical (unpaired) electrons. The van der Waals surface area contributed by atoms with Gasteiger partial charge in [-0.1, -0.05) is 30.3 Å². The van der Waals surface area contributed by atoms with E-state index in [4.69, 9.17) is 0 Å². The molecule has 72 valence electrons. The van der Waals surface area contributed by atoms with Crippen LogP contribution in [0.4, 0.5) is 0 Å². The maximum atomic E-state index is 11.7. The predicted octanol–water partition coefficient (Wildman–Crippen LogP) is 2.60. The number of hydrogen-bond acceptors (Lipinski definition) is 1. The molecule has 0 N–H and O–H groups in total. The third-order valence-electron chi connectivity index (χ3n) is 3.72. The molecule has 2 aliphatic carbocycles. The van der Waals surface area contributed by atoms with E-state index < -0.39 is 0 Å². The summed E-state index contributed by atoms with van der Waals surface area (Å²) in [7, 11) is 0. The molecule has 2 saturated carbocycles. The predicted molar refractivity (Wildman–Crippen MR) is 54.9 cm³/mol. The van der Waals surface area contributed by atoms with Crippen LogP contribution in [-0.4, -0.2) is 5.78 Å². The Morgan fingerprint density at radius 3 is 2.50 bits per heavy atom. The van der Waals surface area contributed by atoms with E-state index in [2.05, 4.69) is 12.1 Å². The molecule has 14 heavy (non-hydrogen) atoms. The van der Waals surface area contributed by atoms with Gasteiger partial charge in [0.05, 0.1) is 0 Å². The quantitative estimate of drug-likeness (QED) is 0.706. The topological polar surface area (TPSA) is 17.1 Å². The zero-order valence-corrected chi connectivity index (χ0v) is 8.20. The molecule has 1 aromatic carbocycles. The van der Waals surface area contributed by atoms with Crippen LogP contribution in [0.1, 0.15) is 24.8 Å². The van der Waals surface area contributed by atoms with E-state index in [0.717, 1.165) is 18.8 Å². The highest BCUT2D eigenvalue weighted by atomic mass is 16.1. The molecule has 1 aromatic rings. The van der Waals surface area contributed by atoms with Crippen molar-refractivity contribution in [2.24, 2.45) is 11.3 Å². The minimum absolute atomic E-state index is 0.217. The van der Waals surface area contributed by atoms with Crippen molar-refractivity contribution in [2.45, 2.75) is 25.7 Å². The van der Waals surface area contributed by atoms with Crippen LogP contribution in [0.2, 0.25) is 0 Å². The number of benzene rings is 1. The van der Waals surface area contributed by atoms with Crippen LogP contribution in [0.25, 0.3) is 0 Å². The van der Waals surface area contributed by atoms with Crippen LogP contribution >= 0.6 is 0 Å². The second-order valence-electron chi connectivity index (χ2n) is 4.67. The minimum Gasteiger partial charge on any atom is -0.299 e. The number of fused-ring (bicyclic) bond motifs is 1. The molecule has 1 nitrogen and oxygen atoms in total. The Bertz CT molecular complexity index is 360. The molecule has 0 aliphatic heterocycles. The Morgan fingerprint density at radius 1 is 1.29 bits per heavy atom. The molecule has 0 aromatic heterocycles. The van der Waals surface area contributed by atoms with Gasteiger partial charge in [-0.3, -0.25) is 4.79 Å². The molecular weight excluding hydrogens is 172 g/mol. The van der Waals surface area contributed by atoms with Crippen LogP contribution < -0.4 is 0 Å². The highest BCUT2D eigenvalue weighted by Crippen LogP contribution is 2.76. The van der Waals surface area contributed by atoms with E-state index in [1.54, 1.807) is 0 Å². The van der Waals surface area contributed by atoms with Gasteiger partial charge in [0.15, 0.2) is 0 Å². The van der Waals surface area contributed by atoms with Gasteiger partial charge in [-0.15, -0.1) is 0 Å². The molecule has 0 unspecified atom stereocenters. The SMILES string of the molecule is O=C(CCc1ccccc1)C12CC1C2. The molecular formula is C13H14O. The fourth-order valence-corrected chi connectivity index (χ4v) is 2.31. The molecule has 1 heteroatoms. The summed E-state index contributed by atoms with van der Waals surface area (Å²) in [5.74, 6) is 1.32. The molecule has 0 spiro atoms. The summed E-state index contributed by atoms with van der Waals surface area (Å²) >= 11 is 0. The maximum Gasteiger partial charge on any atom is 0.139 e. The van der Waals surface area contributed by atoms with Crippen LogP contribution in [0, 0.1) is 11.3 Å². The fraction of sp³-hybridized carbons (Fsp3) is 0.462.